The Labute approximate surface area is 130 Å². The van der Waals surface area contributed by atoms with Crippen molar-refractivity contribution in [3.05, 3.63) is 34.3 Å². The number of halogens is 1. The summed E-state index contributed by atoms with van der Waals surface area (Å²) in [6.45, 7) is 7.74. The second kappa shape index (κ2) is 9.27. The van der Waals surface area contributed by atoms with Gasteiger partial charge in [0.2, 0.25) is 0 Å². The van der Waals surface area contributed by atoms with Crippen molar-refractivity contribution in [2.75, 3.05) is 33.4 Å². The van der Waals surface area contributed by atoms with Gasteiger partial charge in [0, 0.05) is 43.2 Å². The Balaban J connectivity index is 2.51. The summed E-state index contributed by atoms with van der Waals surface area (Å²) in [5.74, 6) is 0.783. The van der Waals surface area contributed by atoms with Gasteiger partial charge in [0.25, 0.3) is 0 Å². The number of rotatable bonds is 9. The maximum absolute atomic E-state index is 12.2. The first-order chi connectivity index (χ1) is 9.52. The minimum atomic E-state index is 0.192. The molecule has 0 saturated carbocycles. The van der Waals surface area contributed by atoms with Crippen LogP contribution in [0.2, 0.25) is 0 Å². The highest BCUT2D eigenvalue weighted by Crippen LogP contribution is 2.13. The molecule has 0 unspecified atom stereocenters. The van der Waals surface area contributed by atoms with E-state index in [9.17, 15) is 4.79 Å². The summed E-state index contributed by atoms with van der Waals surface area (Å²) in [6.07, 6.45) is 0.548. The van der Waals surface area contributed by atoms with Gasteiger partial charge in [0.05, 0.1) is 6.61 Å². The topological polar surface area (TPSA) is 29.5 Å². The lowest BCUT2D eigenvalue weighted by molar-refractivity contribution is 0.0941. The normalized spacial score (nSPS) is 11.3. The molecule has 1 aromatic rings. The van der Waals surface area contributed by atoms with Crippen molar-refractivity contribution in [2.45, 2.75) is 20.3 Å². The Morgan fingerprint density at radius 3 is 2.70 bits per heavy atom. The van der Waals surface area contributed by atoms with Gasteiger partial charge in [-0.2, -0.15) is 0 Å². The molecule has 0 aliphatic heterocycles. The number of hydrogen-bond donors (Lipinski definition) is 0. The van der Waals surface area contributed by atoms with Gasteiger partial charge in [-0.3, -0.25) is 4.79 Å². The van der Waals surface area contributed by atoms with Gasteiger partial charge in [-0.05, 0) is 18.1 Å². The quantitative estimate of drug-likeness (QED) is 0.642. The SMILES string of the molecule is COCCN(CCC(=O)c1cccc(Br)c1)CC(C)C. The van der Waals surface area contributed by atoms with Crippen LogP contribution in [-0.4, -0.2) is 44.0 Å². The number of carbonyl (C=O) groups is 1. The van der Waals surface area contributed by atoms with E-state index in [1.807, 2.05) is 24.3 Å². The molecule has 112 valence electrons. The number of hydrogen-bond acceptors (Lipinski definition) is 3. The molecule has 20 heavy (non-hydrogen) atoms. The maximum Gasteiger partial charge on any atom is 0.164 e. The smallest absolute Gasteiger partial charge is 0.164 e. The van der Waals surface area contributed by atoms with Gasteiger partial charge >= 0.3 is 0 Å². The predicted octanol–water partition coefficient (Wildman–Crippen LogP) is 3.63. The van der Waals surface area contributed by atoms with Crippen LogP contribution in [-0.2, 0) is 4.74 Å². The first kappa shape index (κ1) is 17.3. The van der Waals surface area contributed by atoms with Crippen molar-refractivity contribution >= 4 is 21.7 Å². The summed E-state index contributed by atoms with van der Waals surface area (Å²) in [7, 11) is 1.71. The number of nitrogens with zero attached hydrogens (tertiary/aromatic N) is 1. The minimum absolute atomic E-state index is 0.192. The highest BCUT2D eigenvalue weighted by atomic mass is 79.9. The molecule has 0 fully saturated rings. The van der Waals surface area contributed by atoms with Gasteiger partial charge < -0.3 is 9.64 Å². The van der Waals surface area contributed by atoms with Gasteiger partial charge in [0.15, 0.2) is 5.78 Å². The van der Waals surface area contributed by atoms with E-state index in [4.69, 9.17) is 4.74 Å². The van der Waals surface area contributed by atoms with Crippen LogP contribution in [0.4, 0.5) is 0 Å². The first-order valence-corrected chi connectivity index (χ1v) is 7.82. The number of ether oxygens (including phenoxy) is 1. The lowest BCUT2D eigenvalue weighted by Gasteiger charge is -2.23. The van der Waals surface area contributed by atoms with Crippen LogP contribution >= 0.6 is 15.9 Å². The van der Waals surface area contributed by atoms with E-state index in [1.54, 1.807) is 7.11 Å². The number of Topliss-reactive ketones (excluding diaryl/α,β-unsaturated/α-hetero) is 1. The van der Waals surface area contributed by atoms with Gasteiger partial charge in [0.1, 0.15) is 0 Å². The standard InChI is InChI=1S/C16H24BrNO2/c1-13(2)12-18(9-10-20-3)8-7-16(19)14-5-4-6-15(17)11-14/h4-6,11,13H,7-10,12H2,1-3H3. The Kier molecular flexibility index (Phi) is 8.04. The minimum Gasteiger partial charge on any atom is -0.383 e. The lowest BCUT2D eigenvalue weighted by Crippen LogP contribution is -2.33. The number of methoxy groups -OCH3 is 1. The summed E-state index contributed by atoms with van der Waals surface area (Å²) >= 11 is 3.40. The largest absolute Gasteiger partial charge is 0.383 e. The fourth-order valence-corrected chi connectivity index (χ4v) is 2.50. The molecule has 0 aromatic heterocycles. The molecule has 1 rings (SSSR count). The number of benzene rings is 1. The van der Waals surface area contributed by atoms with Crippen LogP contribution < -0.4 is 0 Å². The Hall–Kier alpha value is -0.710. The van der Waals surface area contributed by atoms with Crippen molar-refractivity contribution in [3.63, 3.8) is 0 Å². The zero-order valence-corrected chi connectivity index (χ0v) is 14.1. The Morgan fingerprint density at radius 2 is 2.10 bits per heavy atom. The van der Waals surface area contributed by atoms with Crippen molar-refractivity contribution in [2.24, 2.45) is 5.92 Å². The van der Waals surface area contributed by atoms with Gasteiger partial charge in [-0.15, -0.1) is 0 Å². The third-order valence-electron chi connectivity index (χ3n) is 3.04. The van der Waals surface area contributed by atoms with Crippen LogP contribution in [0.1, 0.15) is 30.6 Å². The van der Waals surface area contributed by atoms with Crippen molar-refractivity contribution < 1.29 is 9.53 Å². The van der Waals surface area contributed by atoms with E-state index in [-0.39, 0.29) is 5.78 Å². The number of ketones is 1. The highest BCUT2D eigenvalue weighted by Gasteiger charge is 2.11. The van der Waals surface area contributed by atoms with Crippen LogP contribution in [0.25, 0.3) is 0 Å². The molecular weight excluding hydrogens is 318 g/mol. The third-order valence-corrected chi connectivity index (χ3v) is 3.53. The molecule has 0 N–H and O–H groups in total. The van der Waals surface area contributed by atoms with Crippen molar-refractivity contribution in [1.82, 2.24) is 4.90 Å². The summed E-state index contributed by atoms with van der Waals surface area (Å²) < 4.78 is 6.07. The molecule has 0 aliphatic carbocycles. The fourth-order valence-electron chi connectivity index (χ4n) is 2.10. The summed E-state index contributed by atoms with van der Waals surface area (Å²) in [6, 6.07) is 7.58. The van der Waals surface area contributed by atoms with E-state index in [1.165, 1.54) is 0 Å². The molecule has 0 atom stereocenters. The average molecular weight is 342 g/mol. The first-order valence-electron chi connectivity index (χ1n) is 7.03. The molecule has 0 spiro atoms. The molecule has 3 nitrogen and oxygen atoms in total. The monoisotopic (exact) mass is 341 g/mol. The second-order valence-corrected chi connectivity index (χ2v) is 6.29. The fraction of sp³-hybridized carbons (Fsp3) is 0.562. The molecule has 0 heterocycles. The molecule has 4 heteroatoms. The van der Waals surface area contributed by atoms with E-state index < -0.39 is 0 Å². The molecule has 0 radical (unpaired) electrons. The zero-order chi connectivity index (χ0) is 15.0. The zero-order valence-electron chi connectivity index (χ0n) is 12.6. The van der Waals surface area contributed by atoms with Gasteiger partial charge in [-0.25, -0.2) is 0 Å². The summed E-state index contributed by atoms with van der Waals surface area (Å²) in [5.41, 5.74) is 0.774. The van der Waals surface area contributed by atoms with Crippen molar-refractivity contribution in [3.8, 4) is 0 Å². The molecule has 0 amide bonds. The lowest BCUT2D eigenvalue weighted by atomic mass is 10.1. The van der Waals surface area contributed by atoms with Crippen LogP contribution in [0.3, 0.4) is 0 Å². The average Bonchev–Trinajstić information content (AvgIpc) is 2.41. The predicted molar refractivity (Wildman–Crippen MR) is 86.2 cm³/mol. The molecule has 1 aromatic carbocycles. The van der Waals surface area contributed by atoms with Gasteiger partial charge in [-0.1, -0.05) is 41.9 Å². The van der Waals surface area contributed by atoms with Crippen LogP contribution in [0.15, 0.2) is 28.7 Å². The summed E-state index contributed by atoms with van der Waals surface area (Å²) in [5, 5.41) is 0. The summed E-state index contributed by atoms with van der Waals surface area (Å²) in [4.78, 5) is 14.5. The molecule has 0 aliphatic rings. The highest BCUT2D eigenvalue weighted by molar-refractivity contribution is 9.10. The van der Waals surface area contributed by atoms with Crippen molar-refractivity contribution in [1.29, 1.82) is 0 Å². The third kappa shape index (κ3) is 6.64. The Bertz CT molecular complexity index is 421. The maximum atomic E-state index is 12.2. The van der Waals surface area contributed by atoms with Crippen LogP contribution in [0.5, 0.6) is 0 Å². The molecule has 0 bridgehead atoms. The molecular formula is C16H24BrNO2. The van der Waals surface area contributed by atoms with E-state index in [2.05, 4.69) is 34.7 Å². The second-order valence-electron chi connectivity index (χ2n) is 5.37. The van der Waals surface area contributed by atoms with E-state index >= 15 is 0 Å². The van der Waals surface area contributed by atoms with E-state index in [0.717, 1.165) is 29.7 Å². The molecule has 0 saturated heterocycles. The number of carbonyl (C=O) groups excluding carboxylic acids is 1. The Morgan fingerprint density at radius 1 is 1.35 bits per heavy atom. The van der Waals surface area contributed by atoms with Crippen LogP contribution in [0, 0.1) is 5.92 Å². The van der Waals surface area contributed by atoms with E-state index in [0.29, 0.717) is 18.9 Å².